The van der Waals surface area contributed by atoms with Crippen molar-refractivity contribution >= 4 is 19.8 Å². The SMILES string of the molecule is C[Si](C)(C)[C@@H]1SCc2ccccc21.[C-]#[O+].[C-]#[O+].[C-]#[O+].[Cr]. The average Bonchev–Trinajstić information content (AvgIpc) is 2.89. The second-order valence-electron chi connectivity index (χ2n) is 4.76. The zero-order valence-electron chi connectivity index (χ0n) is 11.6. The van der Waals surface area contributed by atoms with Gasteiger partial charge in [0.15, 0.2) is 0 Å². The van der Waals surface area contributed by atoms with Crippen LogP contribution in [-0.2, 0) is 37.1 Å². The van der Waals surface area contributed by atoms with Crippen LogP contribution in [0.4, 0.5) is 0 Å². The van der Waals surface area contributed by atoms with E-state index >= 15 is 0 Å². The van der Waals surface area contributed by atoms with E-state index in [9.17, 15) is 0 Å². The van der Waals surface area contributed by atoms with E-state index in [1.807, 2.05) is 0 Å². The molecular weight excluding hydrogens is 328 g/mol. The van der Waals surface area contributed by atoms with Crippen molar-refractivity contribution in [1.82, 2.24) is 0 Å². The molecule has 0 aromatic heterocycles. The summed E-state index contributed by atoms with van der Waals surface area (Å²) in [5, 5.41) is 0. The first-order chi connectivity index (χ1) is 9.09. The largest absolute Gasteiger partial charge is 0 e. The quantitative estimate of drug-likeness (QED) is 0.435. The Balaban J connectivity index is -0.000000368. The van der Waals surface area contributed by atoms with E-state index in [4.69, 9.17) is 14.0 Å². The van der Waals surface area contributed by atoms with Gasteiger partial charge in [0.1, 0.15) is 0 Å². The molecule has 1 heterocycles. The van der Waals surface area contributed by atoms with E-state index in [2.05, 4.69) is 75.6 Å². The second kappa shape index (κ2) is 13.5. The molecule has 1 aliphatic rings. The summed E-state index contributed by atoms with van der Waals surface area (Å²) in [5.41, 5.74) is 3.19. The Morgan fingerprint density at radius 1 is 1.00 bits per heavy atom. The fraction of sp³-hybridized carbons (Fsp3) is 0.357. The molecule has 0 radical (unpaired) electrons. The minimum Gasteiger partial charge on any atom is 0 e. The summed E-state index contributed by atoms with van der Waals surface area (Å²) in [6.45, 7) is 20.9. The van der Waals surface area contributed by atoms with Crippen LogP contribution in [0.25, 0.3) is 0 Å². The van der Waals surface area contributed by atoms with Crippen molar-refractivity contribution in [2.45, 2.75) is 30.3 Å². The van der Waals surface area contributed by atoms with Crippen LogP contribution in [-0.4, -0.2) is 8.07 Å². The molecule has 2 rings (SSSR count). The number of hydrogen-bond donors (Lipinski definition) is 0. The summed E-state index contributed by atoms with van der Waals surface area (Å²) in [5.74, 6) is 1.23. The second-order valence-corrected chi connectivity index (χ2v) is 11.6. The number of benzene rings is 1. The molecular formula is C14H16CrO3SSi. The minimum atomic E-state index is -1.01. The van der Waals surface area contributed by atoms with Crippen LogP contribution in [0, 0.1) is 20.0 Å². The third-order valence-electron chi connectivity index (χ3n) is 2.53. The summed E-state index contributed by atoms with van der Waals surface area (Å²) >= 11 is 2.14. The predicted octanol–water partition coefficient (Wildman–Crippen LogP) is 3.74. The molecule has 3 nitrogen and oxygen atoms in total. The van der Waals surface area contributed by atoms with Crippen LogP contribution < -0.4 is 0 Å². The number of rotatable bonds is 1. The molecule has 0 saturated heterocycles. The molecule has 0 bridgehead atoms. The van der Waals surface area contributed by atoms with Gasteiger partial charge in [0.25, 0.3) is 0 Å². The van der Waals surface area contributed by atoms with Gasteiger partial charge in [-0.05, 0) is 11.1 Å². The van der Waals surface area contributed by atoms with Crippen molar-refractivity contribution in [3.8, 4) is 0 Å². The minimum absolute atomic E-state index is 0. The monoisotopic (exact) mass is 344 g/mol. The van der Waals surface area contributed by atoms with Crippen molar-refractivity contribution in [3.05, 3.63) is 55.3 Å². The van der Waals surface area contributed by atoms with Crippen molar-refractivity contribution in [2.75, 3.05) is 0 Å². The van der Waals surface area contributed by atoms with Crippen LogP contribution in [0.3, 0.4) is 0 Å². The van der Waals surface area contributed by atoms with Gasteiger partial charge in [-0.25, -0.2) is 0 Å². The zero-order valence-corrected chi connectivity index (χ0v) is 14.7. The molecule has 0 amide bonds. The fourth-order valence-electron chi connectivity index (χ4n) is 1.90. The van der Waals surface area contributed by atoms with Gasteiger partial charge in [-0.2, -0.15) is 11.8 Å². The van der Waals surface area contributed by atoms with Gasteiger partial charge in [0.05, 0.1) is 8.07 Å². The maximum Gasteiger partial charge on any atom is 0 e. The number of thioether (sulfide) groups is 1. The van der Waals surface area contributed by atoms with Gasteiger partial charge in [0, 0.05) is 28.0 Å². The summed E-state index contributed by atoms with van der Waals surface area (Å²) in [7, 11) is -1.01. The topological polar surface area (TPSA) is 59.7 Å². The molecule has 0 unspecified atom stereocenters. The predicted molar refractivity (Wildman–Crippen MR) is 75.6 cm³/mol. The van der Waals surface area contributed by atoms with Crippen LogP contribution in [0.1, 0.15) is 16.0 Å². The molecule has 1 aromatic carbocycles. The zero-order chi connectivity index (χ0) is 15.5. The molecule has 0 saturated carbocycles. The van der Waals surface area contributed by atoms with Gasteiger partial charge in [-0.15, -0.1) is 0 Å². The first-order valence-electron chi connectivity index (χ1n) is 5.40. The fourth-order valence-corrected chi connectivity index (χ4v) is 6.38. The normalized spacial score (nSPS) is 14.3. The molecule has 106 valence electrons. The number of fused-ring (bicyclic) bond motifs is 1. The molecule has 0 aliphatic carbocycles. The average molecular weight is 344 g/mol. The van der Waals surface area contributed by atoms with Gasteiger partial charge < -0.3 is 0 Å². The molecule has 1 aromatic rings. The van der Waals surface area contributed by atoms with E-state index in [1.54, 1.807) is 11.1 Å². The summed E-state index contributed by atoms with van der Waals surface area (Å²) < 4.78 is 22.5. The van der Waals surface area contributed by atoms with E-state index < -0.39 is 8.07 Å². The van der Waals surface area contributed by atoms with Crippen LogP contribution in [0.2, 0.25) is 19.6 Å². The van der Waals surface area contributed by atoms with E-state index in [-0.39, 0.29) is 17.4 Å². The van der Waals surface area contributed by atoms with Crippen LogP contribution >= 0.6 is 11.8 Å². The van der Waals surface area contributed by atoms with Crippen molar-refractivity contribution < 1.29 is 31.3 Å². The van der Waals surface area contributed by atoms with E-state index in [0.29, 0.717) is 0 Å². The smallest absolute Gasteiger partial charge is 0 e. The molecule has 6 heteroatoms. The van der Waals surface area contributed by atoms with Crippen molar-refractivity contribution in [1.29, 1.82) is 0 Å². The van der Waals surface area contributed by atoms with E-state index in [0.717, 1.165) is 4.87 Å². The molecule has 20 heavy (non-hydrogen) atoms. The van der Waals surface area contributed by atoms with Crippen LogP contribution in [0.5, 0.6) is 0 Å². The van der Waals surface area contributed by atoms with Gasteiger partial charge in [-0.3, -0.25) is 0 Å². The summed E-state index contributed by atoms with van der Waals surface area (Å²) in [4.78, 5) is 0.823. The molecule has 0 fully saturated rings. The molecule has 0 N–H and O–H groups in total. The van der Waals surface area contributed by atoms with Crippen molar-refractivity contribution in [2.24, 2.45) is 0 Å². The summed E-state index contributed by atoms with van der Waals surface area (Å²) in [6, 6.07) is 8.94. The Bertz CT molecular complexity index is 424. The molecule has 0 spiro atoms. The standard InChI is InChI=1S/C11H16SSi.3CO.Cr/c1-13(2,3)11-10-7-5-4-6-9(10)8-12-11;3*1-2;/h4-7,11H,8H2,1-3H3;;;;/t11-;;;;/m0..../s1. The van der Waals surface area contributed by atoms with Gasteiger partial charge >= 0.3 is 33.9 Å². The first-order valence-corrected chi connectivity index (χ1v) is 10.0. The van der Waals surface area contributed by atoms with Gasteiger partial charge in [0.2, 0.25) is 0 Å². The van der Waals surface area contributed by atoms with E-state index in [1.165, 1.54) is 5.75 Å². The molecule has 1 atom stereocenters. The Hall–Kier alpha value is -0.461. The van der Waals surface area contributed by atoms with Crippen LogP contribution in [0.15, 0.2) is 24.3 Å². The Kier molecular flexibility index (Phi) is 16.6. The Labute approximate surface area is 136 Å². The summed E-state index contributed by atoms with van der Waals surface area (Å²) in [6.07, 6.45) is 0. The Morgan fingerprint density at radius 2 is 1.45 bits per heavy atom. The first kappa shape index (κ1) is 24.6. The molecule has 1 aliphatic heterocycles. The maximum atomic E-state index is 7.50. The number of hydrogen-bond acceptors (Lipinski definition) is 1. The van der Waals surface area contributed by atoms with Gasteiger partial charge in [-0.1, -0.05) is 43.9 Å². The van der Waals surface area contributed by atoms with Crippen molar-refractivity contribution in [3.63, 3.8) is 0 Å². The third-order valence-corrected chi connectivity index (χ3v) is 8.10. The Morgan fingerprint density at radius 3 is 1.90 bits per heavy atom. The maximum absolute atomic E-state index is 7.50. The third kappa shape index (κ3) is 7.36.